The molecule has 0 fully saturated rings. The van der Waals surface area contributed by atoms with Gasteiger partial charge in [-0.25, -0.2) is 4.39 Å². The van der Waals surface area contributed by atoms with E-state index < -0.39 is 0 Å². The normalized spacial score (nSPS) is 10.5. The van der Waals surface area contributed by atoms with Gasteiger partial charge in [0.25, 0.3) is 5.89 Å². The predicted octanol–water partition coefficient (Wildman–Crippen LogP) is 2.94. The number of pyridine rings is 1. The summed E-state index contributed by atoms with van der Waals surface area (Å²) >= 11 is 0. The monoisotopic (exact) mass is 241 g/mol. The Morgan fingerprint density at radius 3 is 2.72 bits per heavy atom. The third-order valence-electron chi connectivity index (χ3n) is 2.45. The molecule has 5 heteroatoms. The van der Waals surface area contributed by atoms with E-state index in [-0.39, 0.29) is 11.7 Å². The van der Waals surface area contributed by atoms with Crippen LogP contribution >= 0.6 is 0 Å². The van der Waals surface area contributed by atoms with Crippen LogP contribution in [0.1, 0.15) is 0 Å². The number of aromatic nitrogens is 3. The molecule has 3 rings (SSSR count). The standard InChI is InChI=1S/C13H8FN3O/c14-11-6-2-1-5-10(11)13-16-12(17-18-13)9-4-3-7-15-8-9/h1-8H. The van der Waals surface area contributed by atoms with Crippen molar-refractivity contribution in [1.82, 2.24) is 15.1 Å². The summed E-state index contributed by atoms with van der Waals surface area (Å²) in [5, 5.41) is 3.81. The number of hydrogen-bond donors (Lipinski definition) is 0. The van der Waals surface area contributed by atoms with Crippen LogP contribution in [-0.2, 0) is 0 Å². The second-order valence-corrected chi connectivity index (χ2v) is 3.64. The molecule has 18 heavy (non-hydrogen) atoms. The Balaban J connectivity index is 2.03. The van der Waals surface area contributed by atoms with Crippen molar-refractivity contribution in [3.8, 4) is 22.8 Å². The molecule has 0 amide bonds. The van der Waals surface area contributed by atoms with E-state index in [0.717, 1.165) is 5.56 Å². The summed E-state index contributed by atoms with van der Waals surface area (Å²) in [6, 6.07) is 9.85. The molecule has 0 aliphatic carbocycles. The fourth-order valence-electron chi connectivity index (χ4n) is 1.58. The molecule has 0 spiro atoms. The Labute approximate surface area is 102 Å². The molecule has 1 aromatic carbocycles. The van der Waals surface area contributed by atoms with E-state index in [0.29, 0.717) is 11.4 Å². The van der Waals surface area contributed by atoms with E-state index in [2.05, 4.69) is 15.1 Å². The molecule has 0 bridgehead atoms. The lowest BCUT2D eigenvalue weighted by Crippen LogP contribution is -1.84. The number of halogens is 1. The third-order valence-corrected chi connectivity index (χ3v) is 2.45. The molecular weight excluding hydrogens is 233 g/mol. The maximum atomic E-state index is 13.5. The van der Waals surface area contributed by atoms with Gasteiger partial charge in [0.15, 0.2) is 0 Å². The van der Waals surface area contributed by atoms with Crippen molar-refractivity contribution in [2.45, 2.75) is 0 Å². The topological polar surface area (TPSA) is 51.8 Å². The fraction of sp³-hybridized carbons (Fsp3) is 0. The van der Waals surface area contributed by atoms with Gasteiger partial charge in [-0.1, -0.05) is 17.3 Å². The molecule has 0 atom stereocenters. The minimum atomic E-state index is -0.390. The van der Waals surface area contributed by atoms with Crippen LogP contribution in [0.2, 0.25) is 0 Å². The average molecular weight is 241 g/mol. The first kappa shape index (κ1) is 10.6. The van der Waals surface area contributed by atoms with E-state index in [1.165, 1.54) is 6.07 Å². The van der Waals surface area contributed by atoms with E-state index in [9.17, 15) is 4.39 Å². The van der Waals surface area contributed by atoms with Crippen molar-refractivity contribution in [3.63, 3.8) is 0 Å². The first-order valence-electron chi connectivity index (χ1n) is 5.33. The minimum absolute atomic E-state index is 0.159. The molecule has 0 radical (unpaired) electrons. The van der Waals surface area contributed by atoms with Gasteiger partial charge in [-0.2, -0.15) is 4.98 Å². The van der Waals surface area contributed by atoms with Crippen molar-refractivity contribution < 1.29 is 8.91 Å². The zero-order chi connectivity index (χ0) is 12.4. The first-order chi connectivity index (χ1) is 8.84. The molecule has 0 saturated heterocycles. The van der Waals surface area contributed by atoms with Gasteiger partial charge < -0.3 is 4.52 Å². The molecule has 0 saturated carbocycles. The summed E-state index contributed by atoms with van der Waals surface area (Å²) in [6.45, 7) is 0. The summed E-state index contributed by atoms with van der Waals surface area (Å²) in [4.78, 5) is 8.12. The summed E-state index contributed by atoms with van der Waals surface area (Å²) < 4.78 is 18.6. The number of nitrogens with zero attached hydrogens (tertiary/aromatic N) is 3. The average Bonchev–Trinajstić information content (AvgIpc) is 2.90. The molecule has 0 unspecified atom stereocenters. The van der Waals surface area contributed by atoms with Gasteiger partial charge in [0.05, 0.1) is 5.56 Å². The van der Waals surface area contributed by atoms with E-state index in [4.69, 9.17) is 4.52 Å². The van der Waals surface area contributed by atoms with E-state index in [1.54, 1.807) is 36.7 Å². The van der Waals surface area contributed by atoms with Gasteiger partial charge in [0, 0.05) is 18.0 Å². The quantitative estimate of drug-likeness (QED) is 0.692. The zero-order valence-electron chi connectivity index (χ0n) is 9.25. The van der Waals surface area contributed by atoms with Gasteiger partial charge in [0.2, 0.25) is 5.82 Å². The van der Waals surface area contributed by atoms with E-state index >= 15 is 0 Å². The Kier molecular flexibility index (Phi) is 2.57. The zero-order valence-corrected chi connectivity index (χ0v) is 9.25. The highest BCUT2D eigenvalue weighted by Crippen LogP contribution is 2.23. The predicted molar refractivity (Wildman–Crippen MR) is 62.9 cm³/mol. The van der Waals surface area contributed by atoms with E-state index in [1.807, 2.05) is 6.07 Å². The van der Waals surface area contributed by atoms with Crippen molar-refractivity contribution in [2.24, 2.45) is 0 Å². The van der Waals surface area contributed by atoms with Gasteiger partial charge in [-0.3, -0.25) is 4.98 Å². The smallest absolute Gasteiger partial charge is 0.261 e. The van der Waals surface area contributed by atoms with Crippen molar-refractivity contribution in [1.29, 1.82) is 0 Å². The molecule has 2 aromatic heterocycles. The number of benzene rings is 1. The molecule has 0 N–H and O–H groups in total. The van der Waals surface area contributed by atoms with Crippen molar-refractivity contribution in [2.75, 3.05) is 0 Å². The maximum Gasteiger partial charge on any atom is 0.261 e. The molecule has 4 nitrogen and oxygen atoms in total. The minimum Gasteiger partial charge on any atom is -0.334 e. The summed E-state index contributed by atoms with van der Waals surface area (Å²) in [5.74, 6) is 0.159. The van der Waals surface area contributed by atoms with Crippen LogP contribution in [0.25, 0.3) is 22.8 Å². The van der Waals surface area contributed by atoms with Crippen LogP contribution in [0.4, 0.5) is 4.39 Å². The highest BCUT2D eigenvalue weighted by Gasteiger charge is 2.13. The Bertz CT molecular complexity index is 667. The van der Waals surface area contributed by atoms with Gasteiger partial charge in [-0.05, 0) is 24.3 Å². The fourth-order valence-corrected chi connectivity index (χ4v) is 1.58. The Morgan fingerprint density at radius 1 is 1.06 bits per heavy atom. The van der Waals surface area contributed by atoms with Gasteiger partial charge >= 0.3 is 0 Å². The van der Waals surface area contributed by atoms with Crippen LogP contribution in [0.3, 0.4) is 0 Å². The summed E-state index contributed by atoms with van der Waals surface area (Å²) in [7, 11) is 0. The second kappa shape index (κ2) is 4.37. The van der Waals surface area contributed by atoms with Crippen molar-refractivity contribution >= 4 is 0 Å². The lowest BCUT2D eigenvalue weighted by atomic mass is 10.2. The second-order valence-electron chi connectivity index (χ2n) is 3.64. The lowest BCUT2D eigenvalue weighted by molar-refractivity contribution is 0.429. The maximum absolute atomic E-state index is 13.5. The molecule has 2 heterocycles. The molecule has 0 aliphatic rings. The molecule has 88 valence electrons. The van der Waals surface area contributed by atoms with Crippen LogP contribution in [0, 0.1) is 5.82 Å². The van der Waals surface area contributed by atoms with Crippen molar-refractivity contribution in [3.05, 3.63) is 54.6 Å². The third kappa shape index (κ3) is 1.86. The van der Waals surface area contributed by atoms with Crippen LogP contribution in [0.15, 0.2) is 53.3 Å². The molecule has 0 aliphatic heterocycles. The Morgan fingerprint density at radius 2 is 1.94 bits per heavy atom. The SMILES string of the molecule is Fc1ccccc1-c1nc(-c2cccnc2)no1. The van der Waals surface area contributed by atoms with Crippen LogP contribution < -0.4 is 0 Å². The largest absolute Gasteiger partial charge is 0.334 e. The summed E-state index contributed by atoms with van der Waals surface area (Å²) in [5.41, 5.74) is 1.02. The number of rotatable bonds is 2. The van der Waals surface area contributed by atoms with Crippen LogP contribution in [-0.4, -0.2) is 15.1 Å². The highest BCUT2D eigenvalue weighted by molar-refractivity contribution is 5.59. The molecule has 3 aromatic rings. The highest BCUT2D eigenvalue weighted by atomic mass is 19.1. The lowest BCUT2D eigenvalue weighted by Gasteiger charge is -1.94. The number of hydrogen-bond acceptors (Lipinski definition) is 4. The first-order valence-corrected chi connectivity index (χ1v) is 5.33. The Hall–Kier alpha value is -2.56. The van der Waals surface area contributed by atoms with Crippen LogP contribution in [0.5, 0.6) is 0 Å². The van der Waals surface area contributed by atoms with Gasteiger partial charge in [-0.15, -0.1) is 0 Å². The molecular formula is C13H8FN3O. The summed E-state index contributed by atoms with van der Waals surface area (Å²) in [6.07, 6.45) is 3.28. The van der Waals surface area contributed by atoms with Gasteiger partial charge in [0.1, 0.15) is 5.82 Å².